The molecular weight excluding hydrogens is 525 g/mol. The first-order valence-corrected chi connectivity index (χ1v) is 11.5. The summed E-state index contributed by atoms with van der Waals surface area (Å²) in [5.74, 6) is -1.01. The lowest BCUT2D eigenvalue weighted by molar-refractivity contribution is -0.137. The molecule has 0 spiro atoms. The lowest BCUT2D eigenvalue weighted by atomic mass is 10.1. The quantitative estimate of drug-likeness (QED) is 0.442. The molecule has 2 aromatic carbocycles. The monoisotopic (exact) mass is 544 g/mol. The van der Waals surface area contributed by atoms with Crippen LogP contribution in [0.2, 0.25) is 5.02 Å². The third-order valence-corrected chi connectivity index (χ3v) is 6.00. The van der Waals surface area contributed by atoms with E-state index >= 15 is 0 Å². The zero-order valence-corrected chi connectivity index (χ0v) is 20.8. The van der Waals surface area contributed by atoms with Crippen molar-refractivity contribution in [1.29, 1.82) is 0 Å². The number of ether oxygens (including phenoxy) is 3. The van der Waals surface area contributed by atoms with Crippen molar-refractivity contribution in [2.45, 2.75) is 13.1 Å². The van der Waals surface area contributed by atoms with Crippen LogP contribution in [0.1, 0.15) is 18.1 Å². The Morgan fingerprint density at radius 2 is 1.83 bits per heavy atom. The van der Waals surface area contributed by atoms with E-state index in [0.29, 0.717) is 46.4 Å². The number of alkyl halides is 3. The molecule has 0 bridgehead atoms. The van der Waals surface area contributed by atoms with Gasteiger partial charge in [-0.3, -0.25) is 19.3 Å². The number of nitrogens with one attached hydrogen (secondary N) is 1. The van der Waals surface area contributed by atoms with Crippen LogP contribution in [0, 0.1) is 0 Å². The molecule has 0 aromatic heterocycles. The summed E-state index contributed by atoms with van der Waals surface area (Å²) in [6.45, 7) is 1.41. The fourth-order valence-corrected chi connectivity index (χ4v) is 4.32. The van der Waals surface area contributed by atoms with Crippen LogP contribution in [-0.4, -0.2) is 49.3 Å². The molecule has 36 heavy (non-hydrogen) atoms. The lowest BCUT2D eigenvalue weighted by Gasteiger charge is -2.16. The van der Waals surface area contributed by atoms with E-state index in [-0.39, 0.29) is 21.4 Å². The third-order valence-electron chi connectivity index (χ3n) is 4.81. The molecule has 1 aliphatic heterocycles. The molecule has 1 heterocycles. The zero-order chi connectivity index (χ0) is 26.6. The predicted octanol–water partition coefficient (Wildman–Crippen LogP) is 5.45. The average Bonchev–Trinajstić information content (AvgIpc) is 3.07. The van der Waals surface area contributed by atoms with Crippen LogP contribution in [0.15, 0.2) is 35.2 Å². The number of halogens is 4. The minimum atomic E-state index is -4.64. The fraction of sp³-hybridized carbons (Fsp3) is 0.261. The third kappa shape index (κ3) is 6.05. The van der Waals surface area contributed by atoms with Gasteiger partial charge in [-0.25, -0.2) is 0 Å². The van der Waals surface area contributed by atoms with Crippen molar-refractivity contribution in [3.63, 3.8) is 0 Å². The van der Waals surface area contributed by atoms with Gasteiger partial charge in [0, 0.05) is 0 Å². The minimum Gasteiger partial charge on any atom is -0.495 e. The second-order valence-electron chi connectivity index (χ2n) is 7.20. The number of carbonyl (C=O) groups is 3. The van der Waals surface area contributed by atoms with E-state index < -0.39 is 35.3 Å². The first-order valence-electron chi connectivity index (χ1n) is 10.3. The Bertz CT molecular complexity index is 1240. The highest BCUT2D eigenvalue weighted by atomic mass is 35.5. The van der Waals surface area contributed by atoms with Crippen molar-refractivity contribution in [3.8, 4) is 17.2 Å². The van der Waals surface area contributed by atoms with Crippen LogP contribution in [0.3, 0.4) is 0 Å². The van der Waals surface area contributed by atoms with Crippen LogP contribution in [0.4, 0.5) is 23.7 Å². The van der Waals surface area contributed by atoms with Crippen LogP contribution >= 0.6 is 23.4 Å². The smallest absolute Gasteiger partial charge is 0.416 e. The van der Waals surface area contributed by atoms with Crippen molar-refractivity contribution < 1.29 is 41.8 Å². The summed E-state index contributed by atoms with van der Waals surface area (Å²) in [5.41, 5.74) is -0.808. The second-order valence-corrected chi connectivity index (χ2v) is 8.60. The van der Waals surface area contributed by atoms with Crippen molar-refractivity contribution in [2.24, 2.45) is 0 Å². The number of imide groups is 1. The highest BCUT2D eigenvalue weighted by Gasteiger charge is 2.37. The first kappa shape index (κ1) is 27.2. The molecule has 0 radical (unpaired) electrons. The SMILES string of the molecule is CCOc1c(Cl)cc(/C=C2\SC(=O)N(CC(=O)Nc3cc(C(F)(F)F)ccc3OC)C2=O)cc1OC. The summed E-state index contributed by atoms with van der Waals surface area (Å²) >= 11 is 6.85. The number of hydrogen-bond acceptors (Lipinski definition) is 7. The molecule has 0 saturated carbocycles. The largest absolute Gasteiger partial charge is 0.495 e. The maximum atomic E-state index is 13.0. The molecule has 0 aliphatic carbocycles. The van der Waals surface area contributed by atoms with E-state index in [9.17, 15) is 27.6 Å². The molecule has 1 saturated heterocycles. The number of amides is 3. The van der Waals surface area contributed by atoms with E-state index in [1.807, 2.05) is 0 Å². The molecule has 1 fully saturated rings. The molecule has 13 heteroatoms. The van der Waals surface area contributed by atoms with E-state index in [4.69, 9.17) is 25.8 Å². The summed E-state index contributed by atoms with van der Waals surface area (Å²) in [6, 6.07) is 5.65. The standard InChI is InChI=1S/C23H20ClF3N2O6S/c1-4-35-20-14(24)7-12(8-17(20)34-3)9-18-21(31)29(22(32)36-18)11-19(30)28-15-10-13(23(25,26)27)5-6-16(15)33-2/h5-10H,4,11H2,1-3H3,(H,28,30)/b18-9-. The van der Waals surface area contributed by atoms with Gasteiger partial charge in [0.25, 0.3) is 11.1 Å². The molecule has 2 aromatic rings. The molecule has 8 nitrogen and oxygen atoms in total. The van der Waals surface area contributed by atoms with Gasteiger partial charge in [-0.15, -0.1) is 0 Å². The second kappa shape index (κ2) is 11.1. The summed E-state index contributed by atoms with van der Waals surface area (Å²) in [7, 11) is 2.64. The van der Waals surface area contributed by atoms with Gasteiger partial charge in [-0.05, 0) is 60.7 Å². The number of hydrogen-bond donors (Lipinski definition) is 1. The molecule has 0 atom stereocenters. The molecule has 192 valence electrons. The number of methoxy groups -OCH3 is 2. The Labute approximate surface area is 213 Å². The van der Waals surface area contributed by atoms with E-state index in [2.05, 4.69) is 5.32 Å². The van der Waals surface area contributed by atoms with Crippen LogP contribution in [0.25, 0.3) is 6.08 Å². The van der Waals surface area contributed by atoms with Gasteiger partial charge in [-0.1, -0.05) is 11.6 Å². The van der Waals surface area contributed by atoms with Crippen molar-refractivity contribution >= 4 is 52.2 Å². The van der Waals surface area contributed by atoms with Gasteiger partial charge in [0.1, 0.15) is 12.3 Å². The number of rotatable bonds is 8. The van der Waals surface area contributed by atoms with Gasteiger partial charge >= 0.3 is 6.18 Å². The summed E-state index contributed by atoms with van der Waals surface area (Å²) in [5, 5.41) is 1.77. The van der Waals surface area contributed by atoms with Crippen LogP contribution < -0.4 is 19.5 Å². The predicted molar refractivity (Wildman–Crippen MR) is 128 cm³/mol. The van der Waals surface area contributed by atoms with Gasteiger partial charge in [0.15, 0.2) is 11.5 Å². The fourth-order valence-electron chi connectivity index (χ4n) is 3.21. The molecule has 0 unspecified atom stereocenters. The molecule has 1 N–H and O–H groups in total. The maximum absolute atomic E-state index is 13.0. The van der Waals surface area contributed by atoms with E-state index in [1.54, 1.807) is 13.0 Å². The molecule has 3 rings (SSSR count). The summed E-state index contributed by atoms with van der Waals surface area (Å²) in [4.78, 5) is 38.4. The van der Waals surface area contributed by atoms with Gasteiger partial charge in [-0.2, -0.15) is 13.2 Å². The summed E-state index contributed by atoms with van der Waals surface area (Å²) in [6.07, 6.45) is -3.24. The minimum absolute atomic E-state index is 0.0201. The van der Waals surface area contributed by atoms with E-state index in [0.717, 1.165) is 12.1 Å². The Morgan fingerprint density at radius 3 is 2.44 bits per heavy atom. The number of nitrogens with zero attached hydrogens (tertiary/aromatic N) is 1. The van der Waals surface area contributed by atoms with Gasteiger partial charge in [0.05, 0.1) is 42.0 Å². The highest BCUT2D eigenvalue weighted by molar-refractivity contribution is 8.18. The Balaban J connectivity index is 1.78. The lowest BCUT2D eigenvalue weighted by Crippen LogP contribution is -2.36. The van der Waals surface area contributed by atoms with Gasteiger partial charge in [0.2, 0.25) is 5.91 Å². The van der Waals surface area contributed by atoms with Crippen LogP contribution in [0.5, 0.6) is 17.2 Å². The molecule has 3 amide bonds. The topological polar surface area (TPSA) is 94.2 Å². The number of benzene rings is 2. The first-order chi connectivity index (χ1) is 17.0. The Morgan fingerprint density at radius 1 is 1.14 bits per heavy atom. The number of thioether (sulfide) groups is 1. The van der Waals surface area contributed by atoms with Gasteiger partial charge < -0.3 is 19.5 Å². The zero-order valence-electron chi connectivity index (χ0n) is 19.2. The van der Waals surface area contributed by atoms with Crippen molar-refractivity contribution in [1.82, 2.24) is 4.90 Å². The summed E-state index contributed by atoms with van der Waals surface area (Å²) < 4.78 is 54.8. The number of carbonyl (C=O) groups excluding carboxylic acids is 3. The maximum Gasteiger partial charge on any atom is 0.416 e. The van der Waals surface area contributed by atoms with Crippen molar-refractivity contribution in [3.05, 3.63) is 51.4 Å². The highest BCUT2D eigenvalue weighted by Crippen LogP contribution is 2.39. The molecular formula is C23H20ClF3N2O6S. The Hall–Kier alpha value is -3.38. The number of anilines is 1. The molecule has 1 aliphatic rings. The average molecular weight is 545 g/mol. The van der Waals surface area contributed by atoms with Crippen molar-refractivity contribution in [2.75, 3.05) is 32.7 Å². The van der Waals surface area contributed by atoms with Crippen LogP contribution in [-0.2, 0) is 15.8 Å². The normalized spacial score (nSPS) is 14.9. The Kier molecular flexibility index (Phi) is 8.41. The van der Waals surface area contributed by atoms with E-state index in [1.165, 1.54) is 26.4 Å².